The third kappa shape index (κ3) is 2.71. The van der Waals surface area contributed by atoms with Crippen LogP contribution in [0.5, 0.6) is 0 Å². The molecule has 0 aromatic carbocycles. The molecule has 0 aliphatic rings. The molecule has 1 heterocycles. The fraction of sp³-hybridized carbons (Fsp3) is 0.400. The maximum Gasteiger partial charge on any atom is 0.127 e. The number of rotatable bonds is 4. The molecule has 0 saturated heterocycles. The molecule has 1 rings (SSSR count). The van der Waals surface area contributed by atoms with Gasteiger partial charge in [-0.05, 0) is 18.6 Å². The summed E-state index contributed by atoms with van der Waals surface area (Å²) in [4.78, 5) is 4.11. The Kier molecular flexibility index (Phi) is 3.89. The summed E-state index contributed by atoms with van der Waals surface area (Å²) in [5.41, 5.74) is 6.15. The van der Waals surface area contributed by atoms with E-state index in [0.29, 0.717) is 17.9 Å². The Morgan fingerprint density at radius 2 is 2.50 bits per heavy atom. The normalized spacial score (nSPS) is 11.8. The summed E-state index contributed by atoms with van der Waals surface area (Å²) >= 11 is 0. The van der Waals surface area contributed by atoms with Crippen molar-refractivity contribution in [1.29, 1.82) is 5.26 Å². The predicted octanol–water partition coefficient (Wildman–Crippen LogP) is 1.10. The van der Waals surface area contributed by atoms with E-state index in [1.165, 1.54) is 0 Å². The lowest BCUT2D eigenvalue weighted by Crippen LogP contribution is -2.28. The molecule has 0 fully saturated rings. The molecule has 1 aromatic rings. The van der Waals surface area contributed by atoms with Crippen LogP contribution in [0.4, 0.5) is 5.82 Å². The van der Waals surface area contributed by atoms with Crippen LogP contribution in [0.1, 0.15) is 18.9 Å². The molecule has 1 aromatic heterocycles. The molecule has 0 bridgehead atoms. The van der Waals surface area contributed by atoms with Crippen molar-refractivity contribution in [1.82, 2.24) is 4.98 Å². The molecule has 0 saturated carbocycles. The van der Waals surface area contributed by atoms with E-state index in [9.17, 15) is 0 Å². The molecule has 1 unspecified atom stereocenters. The van der Waals surface area contributed by atoms with E-state index < -0.39 is 0 Å². The van der Waals surface area contributed by atoms with Crippen molar-refractivity contribution in [3.63, 3.8) is 0 Å². The van der Waals surface area contributed by atoms with Crippen molar-refractivity contribution < 1.29 is 0 Å². The number of hydrogen-bond donors (Lipinski definition) is 2. The van der Waals surface area contributed by atoms with E-state index in [2.05, 4.69) is 23.3 Å². The second-order valence-electron chi connectivity index (χ2n) is 3.03. The third-order valence-corrected chi connectivity index (χ3v) is 2.02. The molecule has 4 heteroatoms. The molecule has 4 nitrogen and oxygen atoms in total. The number of nitrogens with one attached hydrogen (secondary N) is 1. The van der Waals surface area contributed by atoms with Crippen LogP contribution in [0.15, 0.2) is 18.3 Å². The van der Waals surface area contributed by atoms with Gasteiger partial charge >= 0.3 is 0 Å². The number of nitrogens with zero attached hydrogens (tertiary/aromatic N) is 2. The first-order chi connectivity index (χ1) is 6.80. The molecule has 74 valence electrons. The number of pyridine rings is 1. The summed E-state index contributed by atoms with van der Waals surface area (Å²) in [6.07, 6.45) is 2.55. The van der Waals surface area contributed by atoms with E-state index in [0.717, 1.165) is 6.42 Å². The fourth-order valence-electron chi connectivity index (χ4n) is 1.12. The lowest BCUT2D eigenvalue weighted by atomic mass is 10.2. The second kappa shape index (κ2) is 5.20. The highest BCUT2D eigenvalue weighted by Crippen LogP contribution is 2.07. The van der Waals surface area contributed by atoms with Crippen molar-refractivity contribution in [2.24, 2.45) is 5.73 Å². The van der Waals surface area contributed by atoms with Gasteiger partial charge in [-0.15, -0.1) is 0 Å². The number of nitriles is 1. The van der Waals surface area contributed by atoms with Crippen LogP contribution >= 0.6 is 0 Å². The van der Waals surface area contributed by atoms with Gasteiger partial charge in [-0.3, -0.25) is 0 Å². The van der Waals surface area contributed by atoms with Crippen molar-refractivity contribution in [3.05, 3.63) is 23.9 Å². The maximum absolute atomic E-state index is 8.68. The topological polar surface area (TPSA) is 74.7 Å². The number of anilines is 1. The van der Waals surface area contributed by atoms with Gasteiger partial charge in [0.25, 0.3) is 0 Å². The van der Waals surface area contributed by atoms with Crippen molar-refractivity contribution in [3.8, 4) is 6.07 Å². The molecular formula is C10H14N4. The average Bonchev–Trinajstić information content (AvgIpc) is 2.26. The van der Waals surface area contributed by atoms with Crippen LogP contribution in [-0.2, 0) is 0 Å². The first kappa shape index (κ1) is 10.5. The molecule has 0 spiro atoms. The Bertz CT molecular complexity index is 325. The minimum absolute atomic E-state index is 0.219. The highest BCUT2D eigenvalue weighted by molar-refractivity contribution is 5.42. The van der Waals surface area contributed by atoms with Gasteiger partial charge in [0.15, 0.2) is 0 Å². The zero-order valence-corrected chi connectivity index (χ0v) is 8.20. The van der Waals surface area contributed by atoms with E-state index >= 15 is 0 Å². The van der Waals surface area contributed by atoms with Crippen molar-refractivity contribution in [2.75, 3.05) is 11.9 Å². The van der Waals surface area contributed by atoms with E-state index in [1.54, 1.807) is 18.3 Å². The largest absolute Gasteiger partial charge is 0.366 e. The quantitative estimate of drug-likeness (QED) is 0.745. The van der Waals surface area contributed by atoms with Crippen LogP contribution in [0, 0.1) is 11.3 Å². The highest BCUT2D eigenvalue weighted by atomic mass is 15.0. The Hall–Kier alpha value is -1.60. The first-order valence-electron chi connectivity index (χ1n) is 4.63. The van der Waals surface area contributed by atoms with Crippen molar-refractivity contribution in [2.45, 2.75) is 19.4 Å². The molecule has 0 amide bonds. The van der Waals surface area contributed by atoms with Gasteiger partial charge < -0.3 is 11.1 Å². The summed E-state index contributed by atoms with van der Waals surface area (Å²) in [5.74, 6) is 0.710. The van der Waals surface area contributed by atoms with Crippen LogP contribution in [0.25, 0.3) is 0 Å². The Balaban J connectivity index is 2.72. The number of hydrogen-bond acceptors (Lipinski definition) is 4. The van der Waals surface area contributed by atoms with E-state index in [-0.39, 0.29) is 6.04 Å². The Labute approximate surface area is 83.8 Å². The molecule has 0 aliphatic heterocycles. The van der Waals surface area contributed by atoms with E-state index in [1.807, 2.05) is 0 Å². The van der Waals surface area contributed by atoms with Gasteiger partial charge in [0, 0.05) is 18.8 Å². The number of nitrogens with two attached hydrogens (primary N) is 1. The Morgan fingerprint density at radius 3 is 3.07 bits per heavy atom. The van der Waals surface area contributed by atoms with Crippen LogP contribution in [-0.4, -0.2) is 17.6 Å². The molecule has 3 N–H and O–H groups in total. The van der Waals surface area contributed by atoms with E-state index in [4.69, 9.17) is 11.0 Å². The van der Waals surface area contributed by atoms with Gasteiger partial charge in [-0.2, -0.15) is 5.26 Å². The smallest absolute Gasteiger partial charge is 0.127 e. The van der Waals surface area contributed by atoms with Crippen LogP contribution in [0.2, 0.25) is 0 Å². The number of aromatic nitrogens is 1. The summed E-state index contributed by atoms with van der Waals surface area (Å²) in [5, 5.41) is 11.8. The van der Waals surface area contributed by atoms with Gasteiger partial charge in [-0.25, -0.2) is 4.98 Å². The summed E-state index contributed by atoms with van der Waals surface area (Å²) in [7, 11) is 0. The molecule has 14 heavy (non-hydrogen) atoms. The Morgan fingerprint density at radius 1 is 1.71 bits per heavy atom. The lowest BCUT2D eigenvalue weighted by molar-refractivity contribution is 0.700. The van der Waals surface area contributed by atoms with Crippen LogP contribution in [0.3, 0.4) is 0 Å². The summed E-state index contributed by atoms with van der Waals surface area (Å²) in [6, 6.07) is 5.68. The first-order valence-corrected chi connectivity index (χ1v) is 4.63. The standard InChI is InChI=1S/C10H14N4/c1-2-9(7-12)14-10-5-8(6-11)3-4-13-10/h3-5,9H,2,7,12H2,1H3,(H,13,14). The zero-order chi connectivity index (χ0) is 10.4. The minimum atomic E-state index is 0.219. The van der Waals surface area contributed by atoms with Gasteiger partial charge in [0.05, 0.1) is 11.6 Å². The van der Waals surface area contributed by atoms with Gasteiger partial charge in [-0.1, -0.05) is 6.92 Å². The average molecular weight is 190 g/mol. The minimum Gasteiger partial charge on any atom is -0.366 e. The molecule has 0 aliphatic carbocycles. The third-order valence-electron chi connectivity index (χ3n) is 2.02. The highest BCUT2D eigenvalue weighted by Gasteiger charge is 2.04. The van der Waals surface area contributed by atoms with Crippen LogP contribution < -0.4 is 11.1 Å². The molecular weight excluding hydrogens is 176 g/mol. The molecule has 1 atom stereocenters. The summed E-state index contributed by atoms with van der Waals surface area (Å²) in [6.45, 7) is 2.62. The fourth-order valence-corrected chi connectivity index (χ4v) is 1.12. The zero-order valence-electron chi connectivity index (χ0n) is 8.20. The SMILES string of the molecule is CCC(CN)Nc1cc(C#N)ccn1. The second-order valence-corrected chi connectivity index (χ2v) is 3.03. The van der Waals surface area contributed by atoms with Gasteiger partial charge in [0.1, 0.15) is 5.82 Å². The maximum atomic E-state index is 8.68. The predicted molar refractivity (Wildman–Crippen MR) is 55.7 cm³/mol. The monoisotopic (exact) mass is 190 g/mol. The summed E-state index contributed by atoms with van der Waals surface area (Å²) < 4.78 is 0. The molecule has 0 radical (unpaired) electrons. The van der Waals surface area contributed by atoms with Crippen molar-refractivity contribution >= 4 is 5.82 Å². The lowest BCUT2D eigenvalue weighted by Gasteiger charge is -2.14. The van der Waals surface area contributed by atoms with Gasteiger partial charge in [0.2, 0.25) is 0 Å².